The maximum absolute atomic E-state index is 6.82. The first-order valence-corrected chi connectivity index (χ1v) is 22.2. The molecule has 2 aliphatic heterocycles. The lowest BCUT2D eigenvalue weighted by Crippen LogP contribution is -2.43. The van der Waals surface area contributed by atoms with Crippen molar-refractivity contribution >= 4 is 0 Å². The van der Waals surface area contributed by atoms with Gasteiger partial charge in [0.15, 0.2) is 5.79 Å². The first kappa shape index (κ1) is 43.2. The Bertz CT molecular complexity index is 887. The minimum absolute atomic E-state index is 0.281. The van der Waals surface area contributed by atoms with Crippen molar-refractivity contribution in [1.82, 2.24) is 4.90 Å². The zero-order valence-corrected chi connectivity index (χ0v) is 33.7. The molecule has 0 bridgehead atoms. The van der Waals surface area contributed by atoms with Gasteiger partial charge in [-0.25, -0.2) is 0 Å². The summed E-state index contributed by atoms with van der Waals surface area (Å²) in [7, 11) is 2.24. The van der Waals surface area contributed by atoms with Gasteiger partial charge in [-0.2, -0.15) is 0 Å². The van der Waals surface area contributed by atoms with Crippen molar-refractivity contribution in [2.24, 2.45) is 5.41 Å². The summed E-state index contributed by atoms with van der Waals surface area (Å²) in [5, 5.41) is 0. The van der Waals surface area contributed by atoms with Crippen LogP contribution in [0.5, 0.6) is 0 Å². The van der Waals surface area contributed by atoms with Crippen LogP contribution in [0.25, 0.3) is 0 Å². The van der Waals surface area contributed by atoms with Crippen molar-refractivity contribution in [3.05, 3.63) is 48.6 Å². The molecule has 50 heavy (non-hydrogen) atoms. The SMILES string of the molecule is CCCCCC=CCC=CCCCCCCCCC1(CCCCCCCCC=CCC=CCCCCC)CCC2(C1)O[C@@H]1CCN(C)C[C@H]1O2. The minimum Gasteiger partial charge on any atom is -0.344 e. The van der Waals surface area contributed by atoms with Crippen molar-refractivity contribution in [3.63, 3.8) is 0 Å². The van der Waals surface area contributed by atoms with Gasteiger partial charge in [0.2, 0.25) is 0 Å². The van der Waals surface area contributed by atoms with Gasteiger partial charge in [-0.15, -0.1) is 0 Å². The third-order valence-corrected chi connectivity index (χ3v) is 11.9. The summed E-state index contributed by atoms with van der Waals surface area (Å²) in [6.45, 7) is 6.74. The van der Waals surface area contributed by atoms with Crippen LogP contribution in [0.3, 0.4) is 0 Å². The van der Waals surface area contributed by atoms with Gasteiger partial charge in [-0.3, -0.25) is 0 Å². The zero-order valence-electron chi connectivity index (χ0n) is 33.7. The Hall–Kier alpha value is -1.16. The lowest BCUT2D eigenvalue weighted by atomic mass is 9.76. The minimum atomic E-state index is -0.281. The first-order chi connectivity index (χ1) is 24.6. The predicted octanol–water partition coefficient (Wildman–Crippen LogP) is 14.4. The summed E-state index contributed by atoms with van der Waals surface area (Å²) in [4.78, 5) is 2.43. The number of allylic oxidation sites excluding steroid dienone is 8. The van der Waals surface area contributed by atoms with Gasteiger partial charge in [0.1, 0.15) is 0 Å². The molecule has 3 rings (SSSR count). The second-order valence-electron chi connectivity index (χ2n) is 16.6. The van der Waals surface area contributed by atoms with Crippen LogP contribution >= 0.6 is 0 Å². The molecule has 288 valence electrons. The molecule has 3 fully saturated rings. The van der Waals surface area contributed by atoms with E-state index in [2.05, 4.69) is 74.4 Å². The van der Waals surface area contributed by atoms with Crippen LogP contribution in [0.15, 0.2) is 48.6 Å². The number of likely N-dealkylation sites (N-methyl/N-ethyl adjacent to an activating group) is 1. The van der Waals surface area contributed by atoms with Crippen LogP contribution in [-0.4, -0.2) is 43.0 Å². The molecule has 2 heterocycles. The Kier molecular flexibility index (Phi) is 23.7. The maximum Gasteiger partial charge on any atom is 0.169 e. The molecule has 1 saturated carbocycles. The van der Waals surface area contributed by atoms with E-state index >= 15 is 0 Å². The van der Waals surface area contributed by atoms with E-state index in [1.807, 2.05) is 0 Å². The van der Waals surface area contributed by atoms with E-state index in [-0.39, 0.29) is 11.9 Å². The van der Waals surface area contributed by atoms with Crippen LogP contribution in [0.1, 0.15) is 206 Å². The number of nitrogens with zero attached hydrogens (tertiary/aromatic N) is 1. The van der Waals surface area contributed by atoms with Gasteiger partial charge in [-0.1, -0.05) is 152 Å². The van der Waals surface area contributed by atoms with E-state index in [9.17, 15) is 0 Å². The van der Waals surface area contributed by atoms with E-state index in [0.29, 0.717) is 11.5 Å². The monoisotopic (exact) mass is 694 g/mol. The molecular formula is C47H83NO2. The fraction of sp³-hybridized carbons (Fsp3) is 0.830. The summed E-state index contributed by atoms with van der Waals surface area (Å²) >= 11 is 0. The molecule has 0 N–H and O–H groups in total. The van der Waals surface area contributed by atoms with Crippen molar-refractivity contribution in [3.8, 4) is 0 Å². The van der Waals surface area contributed by atoms with Crippen molar-refractivity contribution < 1.29 is 9.47 Å². The number of piperidine rings is 1. The summed E-state index contributed by atoms with van der Waals surface area (Å²) in [6, 6.07) is 0. The Labute approximate surface area is 312 Å². The van der Waals surface area contributed by atoms with Gasteiger partial charge >= 0.3 is 0 Å². The number of unbranched alkanes of at least 4 members (excludes halogenated alkanes) is 18. The second kappa shape index (κ2) is 27.4. The van der Waals surface area contributed by atoms with E-state index in [0.717, 1.165) is 45.2 Å². The maximum atomic E-state index is 6.82. The Balaban J connectivity index is 1.28. The molecule has 1 spiro atoms. The fourth-order valence-corrected chi connectivity index (χ4v) is 8.81. The molecule has 1 unspecified atom stereocenters. The molecule has 1 aliphatic carbocycles. The molecule has 0 aromatic heterocycles. The number of ether oxygens (including phenoxy) is 2. The van der Waals surface area contributed by atoms with E-state index in [1.54, 1.807) is 0 Å². The fourth-order valence-electron chi connectivity index (χ4n) is 8.81. The van der Waals surface area contributed by atoms with Gasteiger partial charge in [-0.05, 0) is 102 Å². The molecule has 3 heteroatoms. The summed E-state index contributed by atoms with van der Waals surface area (Å²) in [6.07, 6.45) is 59.0. The molecule has 3 aliphatic rings. The molecular weight excluding hydrogens is 611 g/mol. The lowest BCUT2D eigenvalue weighted by molar-refractivity contribution is -0.174. The second-order valence-corrected chi connectivity index (χ2v) is 16.6. The molecule has 0 amide bonds. The van der Waals surface area contributed by atoms with Crippen LogP contribution in [0.2, 0.25) is 0 Å². The number of fused-ring (bicyclic) bond motifs is 1. The quantitative estimate of drug-likeness (QED) is 0.0552. The van der Waals surface area contributed by atoms with Gasteiger partial charge in [0.25, 0.3) is 0 Å². The first-order valence-electron chi connectivity index (χ1n) is 22.2. The standard InChI is InChI=1S/C47H83NO2/c1-4-6-8-10-12-14-16-18-20-22-24-26-28-30-32-34-37-46(39-40-47(43-46)49-44-36-41-48(3)42-45(44)50-47)38-35-33-31-29-27-25-23-21-19-17-15-13-11-9-7-5-2/h12-15,18-21,44-45H,4-11,16-17,22-43H2,1-3H3/t44-,45-,46?,47?/m1/s1. The Morgan fingerprint density at radius 3 is 1.46 bits per heavy atom. The molecule has 0 aromatic carbocycles. The summed E-state index contributed by atoms with van der Waals surface area (Å²) in [5.41, 5.74) is 0.434. The predicted molar refractivity (Wildman–Crippen MR) is 219 cm³/mol. The average Bonchev–Trinajstić information content (AvgIpc) is 3.65. The largest absolute Gasteiger partial charge is 0.344 e. The third kappa shape index (κ3) is 18.6. The molecule has 0 aromatic rings. The third-order valence-electron chi connectivity index (χ3n) is 11.9. The molecule has 3 atom stereocenters. The smallest absolute Gasteiger partial charge is 0.169 e. The molecule has 2 saturated heterocycles. The number of hydrogen-bond donors (Lipinski definition) is 0. The molecule has 3 nitrogen and oxygen atoms in total. The Morgan fingerprint density at radius 2 is 0.960 bits per heavy atom. The van der Waals surface area contributed by atoms with Gasteiger partial charge < -0.3 is 14.4 Å². The number of hydrogen-bond acceptors (Lipinski definition) is 3. The Morgan fingerprint density at radius 1 is 0.520 bits per heavy atom. The van der Waals surface area contributed by atoms with E-state index < -0.39 is 0 Å². The normalized spacial score (nSPS) is 25.9. The van der Waals surface area contributed by atoms with Crippen LogP contribution < -0.4 is 0 Å². The zero-order chi connectivity index (χ0) is 35.4. The summed E-state index contributed by atoms with van der Waals surface area (Å²) < 4.78 is 13.6. The average molecular weight is 694 g/mol. The highest BCUT2D eigenvalue weighted by atomic mass is 16.8. The number of rotatable bonds is 30. The highest BCUT2D eigenvalue weighted by molar-refractivity contribution is 5.01. The van der Waals surface area contributed by atoms with Gasteiger partial charge in [0, 0.05) is 25.9 Å². The van der Waals surface area contributed by atoms with E-state index in [4.69, 9.17) is 9.47 Å². The topological polar surface area (TPSA) is 21.7 Å². The lowest BCUT2D eigenvalue weighted by Gasteiger charge is -2.32. The highest BCUT2D eigenvalue weighted by Crippen LogP contribution is 2.56. The van der Waals surface area contributed by atoms with Crippen LogP contribution in [0, 0.1) is 5.41 Å². The van der Waals surface area contributed by atoms with E-state index in [1.165, 1.54) is 161 Å². The number of likely N-dealkylation sites (tertiary alicyclic amines) is 1. The van der Waals surface area contributed by atoms with Crippen LogP contribution in [-0.2, 0) is 9.47 Å². The van der Waals surface area contributed by atoms with Crippen molar-refractivity contribution in [2.45, 2.75) is 224 Å². The van der Waals surface area contributed by atoms with Crippen molar-refractivity contribution in [1.29, 1.82) is 0 Å². The highest BCUT2D eigenvalue weighted by Gasteiger charge is 2.56. The van der Waals surface area contributed by atoms with Gasteiger partial charge in [0.05, 0.1) is 12.2 Å². The van der Waals surface area contributed by atoms with Crippen LogP contribution in [0.4, 0.5) is 0 Å². The van der Waals surface area contributed by atoms with Crippen molar-refractivity contribution in [2.75, 3.05) is 20.1 Å². The summed E-state index contributed by atoms with van der Waals surface area (Å²) in [5.74, 6) is -0.281. The molecule has 0 radical (unpaired) electrons.